The van der Waals surface area contributed by atoms with Gasteiger partial charge in [-0.2, -0.15) is 5.26 Å². The Morgan fingerprint density at radius 3 is 2.32 bits per heavy atom. The molecule has 1 aliphatic carbocycles. The van der Waals surface area contributed by atoms with Crippen LogP contribution in [0.3, 0.4) is 0 Å². The molecule has 3 heteroatoms. The number of rotatable bonds is 1. The van der Waals surface area contributed by atoms with Crippen LogP contribution < -0.4 is 0 Å². The molecule has 2 rings (SSSR count). The van der Waals surface area contributed by atoms with Crippen LogP contribution in [-0.2, 0) is 10.2 Å². The topological polar surface area (TPSA) is 40.9 Å². The maximum Gasteiger partial charge on any atom is 0.133 e. The van der Waals surface area contributed by atoms with Crippen LogP contribution in [0, 0.1) is 24.1 Å². The zero-order chi connectivity index (χ0) is 14.5. The molecule has 0 N–H and O–H groups in total. The molecular formula is C16H20FNO. The van der Waals surface area contributed by atoms with Gasteiger partial charge in [-0.3, -0.25) is 4.79 Å². The fourth-order valence-electron chi connectivity index (χ4n) is 2.31. The van der Waals surface area contributed by atoms with E-state index in [1.54, 1.807) is 19.1 Å². The SMILES string of the molecule is CC.Cc1ccc(C2(C#N)CCC(=O)CC2)cc1F. The van der Waals surface area contributed by atoms with E-state index in [2.05, 4.69) is 6.07 Å². The first-order chi connectivity index (χ1) is 9.07. The van der Waals surface area contributed by atoms with Crippen LogP contribution in [0.2, 0.25) is 0 Å². The lowest BCUT2D eigenvalue weighted by Gasteiger charge is -2.30. The summed E-state index contributed by atoms with van der Waals surface area (Å²) in [6.45, 7) is 5.70. The van der Waals surface area contributed by atoms with Gasteiger partial charge in [-0.25, -0.2) is 4.39 Å². The standard InChI is InChI=1S/C14H14FNO.C2H6/c1-10-2-3-11(8-13(10)15)14(9-16)6-4-12(17)5-7-14;1-2/h2-3,8H,4-7H2,1H3;1-2H3. The van der Waals surface area contributed by atoms with Gasteiger partial charge in [-0.1, -0.05) is 26.0 Å². The summed E-state index contributed by atoms with van der Waals surface area (Å²) < 4.78 is 13.5. The minimum absolute atomic E-state index is 0.198. The third kappa shape index (κ3) is 3.20. The fourth-order valence-corrected chi connectivity index (χ4v) is 2.31. The first-order valence-electron chi connectivity index (χ1n) is 6.77. The molecule has 0 aliphatic heterocycles. The number of carbonyl (C=O) groups is 1. The Balaban J connectivity index is 0.000000861. The molecule has 0 bridgehead atoms. The van der Waals surface area contributed by atoms with Crippen molar-refractivity contribution < 1.29 is 9.18 Å². The lowest BCUT2D eigenvalue weighted by atomic mass is 9.70. The van der Waals surface area contributed by atoms with Gasteiger partial charge in [0.25, 0.3) is 0 Å². The summed E-state index contributed by atoms with van der Waals surface area (Å²) in [5, 5.41) is 9.36. The summed E-state index contributed by atoms with van der Waals surface area (Å²) in [6.07, 6.45) is 1.85. The minimum atomic E-state index is -0.678. The summed E-state index contributed by atoms with van der Waals surface area (Å²) in [5.41, 5.74) is 0.604. The van der Waals surface area contributed by atoms with Gasteiger partial charge in [0, 0.05) is 12.8 Å². The first-order valence-corrected chi connectivity index (χ1v) is 6.77. The zero-order valence-corrected chi connectivity index (χ0v) is 11.8. The minimum Gasteiger partial charge on any atom is -0.300 e. The van der Waals surface area contributed by atoms with Gasteiger partial charge in [0.05, 0.1) is 11.5 Å². The number of hydrogen-bond donors (Lipinski definition) is 0. The van der Waals surface area contributed by atoms with E-state index in [9.17, 15) is 14.4 Å². The number of benzene rings is 1. The number of aryl methyl sites for hydroxylation is 1. The molecular weight excluding hydrogens is 241 g/mol. The van der Waals surface area contributed by atoms with E-state index in [0.717, 1.165) is 0 Å². The Morgan fingerprint density at radius 2 is 1.84 bits per heavy atom. The van der Waals surface area contributed by atoms with Gasteiger partial charge in [0.1, 0.15) is 11.6 Å². The average molecular weight is 261 g/mol. The van der Waals surface area contributed by atoms with Gasteiger partial charge < -0.3 is 0 Å². The second kappa shape index (κ2) is 6.47. The number of Topliss-reactive ketones (excluding diaryl/α,β-unsaturated/α-hetero) is 1. The van der Waals surface area contributed by atoms with E-state index in [0.29, 0.717) is 36.8 Å². The van der Waals surface area contributed by atoms with E-state index in [-0.39, 0.29) is 11.6 Å². The van der Waals surface area contributed by atoms with Crippen LogP contribution in [0.1, 0.15) is 50.7 Å². The lowest BCUT2D eigenvalue weighted by molar-refractivity contribution is -0.120. The summed E-state index contributed by atoms with van der Waals surface area (Å²) >= 11 is 0. The van der Waals surface area contributed by atoms with Crippen molar-refractivity contribution in [2.75, 3.05) is 0 Å². The monoisotopic (exact) mass is 261 g/mol. The molecule has 0 spiro atoms. The number of carbonyl (C=O) groups excluding carboxylic acids is 1. The van der Waals surface area contributed by atoms with Crippen molar-refractivity contribution in [3.63, 3.8) is 0 Å². The van der Waals surface area contributed by atoms with Crippen molar-refractivity contribution >= 4 is 5.78 Å². The third-order valence-corrected chi connectivity index (χ3v) is 3.60. The summed E-state index contributed by atoms with van der Waals surface area (Å²) in [5.74, 6) is -0.0857. The van der Waals surface area contributed by atoms with Crippen LogP contribution in [0.4, 0.5) is 4.39 Å². The Kier molecular flexibility index (Phi) is 5.23. The number of ketones is 1. The van der Waals surface area contributed by atoms with Crippen LogP contribution in [0.5, 0.6) is 0 Å². The Morgan fingerprint density at radius 1 is 1.26 bits per heavy atom. The van der Waals surface area contributed by atoms with Crippen molar-refractivity contribution in [2.24, 2.45) is 0 Å². The van der Waals surface area contributed by atoms with Crippen LogP contribution in [-0.4, -0.2) is 5.78 Å². The Bertz CT molecular complexity index is 492. The quantitative estimate of drug-likeness (QED) is 0.764. The van der Waals surface area contributed by atoms with Gasteiger partial charge in [0.15, 0.2) is 0 Å². The van der Waals surface area contributed by atoms with Crippen LogP contribution in [0.15, 0.2) is 18.2 Å². The molecule has 0 radical (unpaired) electrons. The summed E-state index contributed by atoms with van der Waals surface area (Å²) in [7, 11) is 0. The van der Waals surface area contributed by atoms with Gasteiger partial charge in [-0.05, 0) is 37.0 Å². The predicted molar refractivity (Wildman–Crippen MR) is 73.3 cm³/mol. The number of hydrogen-bond acceptors (Lipinski definition) is 2. The van der Waals surface area contributed by atoms with Crippen LogP contribution >= 0.6 is 0 Å². The third-order valence-electron chi connectivity index (χ3n) is 3.60. The smallest absolute Gasteiger partial charge is 0.133 e. The van der Waals surface area contributed by atoms with Gasteiger partial charge >= 0.3 is 0 Å². The predicted octanol–water partition coefficient (Wildman–Crippen LogP) is 4.06. The van der Waals surface area contributed by atoms with Crippen LogP contribution in [0.25, 0.3) is 0 Å². The molecule has 0 aromatic heterocycles. The molecule has 0 heterocycles. The van der Waals surface area contributed by atoms with E-state index in [4.69, 9.17) is 0 Å². The number of halogens is 1. The number of nitrogens with zero attached hydrogens (tertiary/aromatic N) is 1. The Labute approximate surface area is 114 Å². The highest BCUT2D eigenvalue weighted by Gasteiger charge is 2.36. The first kappa shape index (κ1) is 15.4. The summed E-state index contributed by atoms with van der Waals surface area (Å²) in [6, 6.07) is 7.22. The zero-order valence-electron chi connectivity index (χ0n) is 11.8. The molecule has 102 valence electrons. The molecule has 0 atom stereocenters. The largest absolute Gasteiger partial charge is 0.300 e. The maximum absolute atomic E-state index is 13.5. The van der Waals surface area contributed by atoms with Crippen molar-refractivity contribution in [2.45, 2.75) is 51.9 Å². The highest BCUT2D eigenvalue weighted by atomic mass is 19.1. The highest BCUT2D eigenvalue weighted by Crippen LogP contribution is 2.38. The van der Waals surface area contributed by atoms with Crippen molar-refractivity contribution in [3.05, 3.63) is 35.1 Å². The van der Waals surface area contributed by atoms with Gasteiger partial charge in [-0.15, -0.1) is 0 Å². The molecule has 19 heavy (non-hydrogen) atoms. The molecule has 1 aromatic rings. The molecule has 0 unspecified atom stereocenters. The summed E-state index contributed by atoms with van der Waals surface area (Å²) in [4.78, 5) is 11.2. The highest BCUT2D eigenvalue weighted by molar-refractivity contribution is 5.80. The fraction of sp³-hybridized carbons (Fsp3) is 0.500. The van der Waals surface area contributed by atoms with E-state index >= 15 is 0 Å². The van der Waals surface area contributed by atoms with E-state index < -0.39 is 5.41 Å². The second-order valence-corrected chi connectivity index (χ2v) is 4.70. The lowest BCUT2D eigenvalue weighted by Crippen LogP contribution is -2.30. The molecule has 0 saturated heterocycles. The molecule has 1 aromatic carbocycles. The second-order valence-electron chi connectivity index (χ2n) is 4.70. The molecule has 2 nitrogen and oxygen atoms in total. The van der Waals surface area contributed by atoms with Crippen molar-refractivity contribution in [1.82, 2.24) is 0 Å². The van der Waals surface area contributed by atoms with Crippen molar-refractivity contribution in [3.8, 4) is 6.07 Å². The molecule has 0 amide bonds. The van der Waals surface area contributed by atoms with Gasteiger partial charge in [0.2, 0.25) is 0 Å². The molecule has 1 saturated carbocycles. The number of nitriles is 1. The average Bonchev–Trinajstić information content (AvgIpc) is 2.45. The molecule has 1 aliphatic rings. The van der Waals surface area contributed by atoms with Crippen molar-refractivity contribution in [1.29, 1.82) is 5.26 Å². The maximum atomic E-state index is 13.5. The molecule has 1 fully saturated rings. The van der Waals surface area contributed by atoms with E-state index in [1.807, 2.05) is 13.8 Å². The van der Waals surface area contributed by atoms with E-state index in [1.165, 1.54) is 6.07 Å². The normalized spacial score (nSPS) is 17.1. The Hall–Kier alpha value is -1.69.